The molecule has 0 aromatic heterocycles. The molecule has 2 heteroatoms. The Bertz CT molecular complexity index is 633. The van der Waals surface area contributed by atoms with Crippen LogP contribution in [0.4, 0.5) is 5.69 Å². The summed E-state index contributed by atoms with van der Waals surface area (Å²) in [5.41, 5.74) is 4.23. The minimum atomic E-state index is 0.0560. The van der Waals surface area contributed by atoms with E-state index in [9.17, 15) is 0 Å². The molecule has 2 aromatic carbocycles. The standard InChI is InChI=1S/C21H28N2/c1-4-23(5-2)16-15-21(18-11-7-6-8-12-18)17(3)22-20-14-10-9-13-19(20)21/h6-14,17,22H,4-5,15-16H2,1-3H3. The van der Waals surface area contributed by atoms with Gasteiger partial charge < -0.3 is 10.2 Å². The van der Waals surface area contributed by atoms with Gasteiger partial charge >= 0.3 is 0 Å². The number of nitrogens with one attached hydrogen (secondary N) is 1. The molecule has 23 heavy (non-hydrogen) atoms. The monoisotopic (exact) mass is 308 g/mol. The van der Waals surface area contributed by atoms with Crippen LogP contribution in [0.25, 0.3) is 0 Å². The fraction of sp³-hybridized carbons (Fsp3) is 0.429. The van der Waals surface area contributed by atoms with Gasteiger partial charge in [0, 0.05) is 17.1 Å². The molecule has 1 N–H and O–H groups in total. The molecule has 0 spiro atoms. The van der Waals surface area contributed by atoms with Gasteiger partial charge in [-0.1, -0.05) is 62.4 Å². The molecular formula is C21H28N2. The smallest absolute Gasteiger partial charge is 0.0433 e. The van der Waals surface area contributed by atoms with Crippen molar-refractivity contribution < 1.29 is 0 Å². The van der Waals surface area contributed by atoms with Crippen LogP contribution >= 0.6 is 0 Å². The highest BCUT2D eigenvalue weighted by Gasteiger charge is 2.45. The van der Waals surface area contributed by atoms with Gasteiger partial charge in [0.25, 0.3) is 0 Å². The molecule has 0 saturated carbocycles. The quantitative estimate of drug-likeness (QED) is 0.844. The SMILES string of the molecule is CCN(CC)CCC1(c2ccccc2)c2ccccc2NC1C. The lowest BCUT2D eigenvalue weighted by atomic mass is 9.69. The minimum Gasteiger partial charge on any atom is -0.381 e. The van der Waals surface area contributed by atoms with Crippen molar-refractivity contribution in [3.63, 3.8) is 0 Å². The normalized spacial score (nSPS) is 22.9. The molecule has 0 aliphatic carbocycles. The Labute approximate surface area is 140 Å². The maximum Gasteiger partial charge on any atom is 0.0433 e. The van der Waals surface area contributed by atoms with E-state index in [0.29, 0.717) is 6.04 Å². The second kappa shape index (κ2) is 6.76. The highest BCUT2D eigenvalue weighted by molar-refractivity contribution is 5.65. The molecule has 1 aliphatic heterocycles. The van der Waals surface area contributed by atoms with Crippen LogP contribution < -0.4 is 5.32 Å². The summed E-state index contributed by atoms with van der Waals surface area (Å²) in [5.74, 6) is 0. The van der Waals surface area contributed by atoms with E-state index in [2.05, 4.69) is 85.6 Å². The van der Waals surface area contributed by atoms with Gasteiger partial charge in [0.05, 0.1) is 0 Å². The summed E-state index contributed by atoms with van der Waals surface area (Å²) in [6.07, 6.45) is 1.14. The van der Waals surface area contributed by atoms with E-state index in [4.69, 9.17) is 0 Å². The summed E-state index contributed by atoms with van der Waals surface area (Å²) >= 11 is 0. The summed E-state index contributed by atoms with van der Waals surface area (Å²) in [6, 6.07) is 20.3. The van der Waals surface area contributed by atoms with E-state index >= 15 is 0 Å². The third-order valence-electron chi connectivity index (χ3n) is 5.52. The molecular weight excluding hydrogens is 280 g/mol. The maximum atomic E-state index is 3.73. The van der Waals surface area contributed by atoms with Crippen molar-refractivity contribution in [3.05, 3.63) is 65.7 Å². The summed E-state index contributed by atoms with van der Waals surface area (Å²) in [7, 11) is 0. The number of rotatable bonds is 6. The number of hydrogen-bond acceptors (Lipinski definition) is 2. The first-order chi connectivity index (χ1) is 11.2. The van der Waals surface area contributed by atoms with Crippen LogP contribution in [-0.2, 0) is 5.41 Å². The molecule has 0 saturated heterocycles. The average Bonchev–Trinajstić information content (AvgIpc) is 2.89. The molecule has 2 aromatic rings. The average molecular weight is 308 g/mol. The molecule has 0 amide bonds. The van der Waals surface area contributed by atoms with E-state index in [-0.39, 0.29) is 5.41 Å². The summed E-state index contributed by atoms with van der Waals surface area (Å²) in [6.45, 7) is 10.2. The second-order valence-electron chi connectivity index (χ2n) is 6.53. The zero-order valence-electron chi connectivity index (χ0n) is 14.5. The Morgan fingerprint density at radius 3 is 2.30 bits per heavy atom. The predicted molar refractivity (Wildman–Crippen MR) is 99.2 cm³/mol. The Hall–Kier alpha value is -1.80. The molecule has 2 atom stereocenters. The largest absolute Gasteiger partial charge is 0.381 e. The molecule has 3 rings (SSSR count). The predicted octanol–water partition coefficient (Wildman–Crippen LogP) is 4.52. The first-order valence-electron chi connectivity index (χ1n) is 8.86. The number of benzene rings is 2. The van der Waals surface area contributed by atoms with E-state index < -0.39 is 0 Å². The van der Waals surface area contributed by atoms with E-state index in [1.165, 1.54) is 16.8 Å². The number of para-hydroxylation sites is 1. The van der Waals surface area contributed by atoms with Crippen molar-refractivity contribution >= 4 is 5.69 Å². The number of anilines is 1. The Kier molecular flexibility index (Phi) is 4.72. The molecule has 1 heterocycles. The first kappa shape index (κ1) is 16.1. The molecule has 2 nitrogen and oxygen atoms in total. The van der Waals surface area contributed by atoms with Crippen LogP contribution in [0.15, 0.2) is 54.6 Å². The topological polar surface area (TPSA) is 15.3 Å². The fourth-order valence-electron chi connectivity index (χ4n) is 4.10. The van der Waals surface area contributed by atoms with Crippen LogP contribution in [0, 0.1) is 0 Å². The third-order valence-corrected chi connectivity index (χ3v) is 5.52. The lowest BCUT2D eigenvalue weighted by molar-refractivity contribution is 0.267. The van der Waals surface area contributed by atoms with Gasteiger partial charge in [0.2, 0.25) is 0 Å². The van der Waals surface area contributed by atoms with Crippen LogP contribution in [-0.4, -0.2) is 30.6 Å². The van der Waals surface area contributed by atoms with Crippen LogP contribution in [0.2, 0.25) is 0 Å². The highest BCUT2D eigenvalue weighted by Crippen LogP contribution is 2.48. The van der Waals surface area contributed by atoms with Gasteiger partial charge in [-0.15, -0.1) is 0 Å². The van der Waals surface area contributed by atoms with Crippen molar-refractivity contribution in [2.75, 3.05) is 25.0 Å². The van der Waals surface area contributed by atoms with Crippen molar-refractivity contribution in [1.82, 2.24) is 4.90 Å². The molecule has 1 aliphatic rings. The van der Waals surface area contributed by atoms with Gasteiger partial charge in [0.15, 0.2) is 0 Å². The zero-order valence-corrected chi connectivity index (χ0v) is 14.5. The Balaban J connectivity index is 2.05. The summed E-state index contributed by atoms with van der Waals surface area (Å²) in [5, 5.41) is 3.73. The molecule has 122 valence electrons. The lowest BCUT2D eigenvalue weighted by Gasteiger charge is -2.36. The van der Waals surface area contributed by atoms with Gasteiger partial charge in [-0.3, -0.25) is 0 Å². The molecule has 0 radical (unpaired) electrons. The van der Waals surface area contributed by atoms with E-state index in [1.54, 1.807) is 0 Å². The van der Waals surface area contributed by atoms with Crippen molar-refractivity contribution in [1.29, 1.82) is 0 Å². The third kappa shape index (κ3) is 2.76. The lowest BCUT2D eigenvalue weighted by Crippen LogP contribution is -2.41. The van der Waals surface area contributed by atoms with Crippen molar-refractivity contribution in [3.8, 4) is 0 Å². The number of hydrogen-bond donors (Lipinski definition) is 1. The summed E-state index contributed by atoms with van der Waals surface area (Å²) in [4.78, 5) is 2.53. The molecule has 0 fully saturated rings. The number of nitrogens with zero attached hydrogens (tertiary/aromatic N) is 1. The van der Waals surface area contributed by atoms with Gasteiger partial charge in [-0.25, -0.2) is 0 Å². The van der Waals surface area contributed by atoms with Crippen molar-refractivity contribution in [2.24, 2.45) is 0 Å². The zero-order chi connectivity index (χ0) is 16.3. The highest BCUT2D eigenvalue weighted by atomic mass is 15.1. The van der Waals surface area contributed by atoms with Gasteiger partial charge in [-0.05, 0) is 50.2 Å². The van der Waals surface area contributed by atoms with Crippen molar-refractivity contribution in [2.45, 2.75) is 38.6 Å². The Morgan fingerprint density at radius 1 is 0.957 bits per heavy atom. The van der Waals surface area contributed by atoms with Gasteiger partial charge in [0.1, 0.15) is 0 Å². The molecule has 2 unspecified atom stereocenters. The van der Waals surface area contributed by atoms with Crippen LogP contribution in [0.3, 0.4) is 0 Å². The van der Waals surface area contributed by atoms with Crippen LogP contribution in [0.5, 0.6) is 0 Å². The molecule has 0 bridgehead atoms. The number of fused-ring (bicyclic) bond motifs is 1. The van der Waals surface area contributed by atoms with E-state index in [0.717, 1.165) is 26.1 Å². The van der Waals surface area contributed by atoms with Gasteiger partial charge in [-0.2, -0.15) is 0 Å². The summed E-state index contributed by atoms with van der Waals surface area (Å²) < 4.78 is 0. The maximum absolute atomic E-state index is 3.73. The minimum absolute atomic E-state index is 0.0560. The first-order valence-corrected chi connectivity index (χ1v) is 8.86. The fourth-order valence-corrected chi connectivity index (χ4v) is 4.10. The van der Waals surface area contributed by atoms with Crippen LogP contribution in [0.1, 0.15) is 38.3 Å². The van der Waals surface area contributed by atoms with E-state index in [1.807, 2.05) is 0 Å². The second-order valence-corrected chi connectivity index (χ2v) is 6.53. The Morgan fingerprint density at radius 2 is 1.61 bits per heavy atom.